The van der Waals surface area contributed by atoms with Crippen LogP contribution in [0.1, 0.15) is 41.4 Å². The number of benzene rings is 3. The minimum absolute atomic E-state index is 0.0749. The molecule has 0 spiro atoms. The third-order valence-corrected chi connectivity index (χ3v) is 5.38. The molecule has 0 bridgehead atoms. The van der Waals surface area contributed by atoms with E-state index in [1.165, 1.54) is 31.2 Å². The highest BCUT2D eigenvalue weighted by Gasteiger charge is 2.30. The van der Waals surface area contributed by atoms with Crippen LogP contribution in [0, 0.1) is 23.3 Å². The molecule has 30 heavy (non-hydrogen) atoms. The number of aryl methyl sites for hydroxylation is 2. The third kappa shape index (κ3) is 3.98. The Kier molecular flexibility index (Phi) is 5.62. The van der Waals surface area contributed by atoms with Crippen molar-refractivity contribution in [3.05, 3.63) is 94.1 Å². The third-order valence-electron chi connectivity index (χ3n) is 5.38. The van der Waals surface area contributed by atoms with Crippen LogP contribution in [-0.2, 0) is 17.6 Å². The van der Waals surface area contributed by atoms with E-state index in [0.717, 1.165) is 5.56 Å². The number of halogens is 4. The molecule has 4 rings (SSSR count). The lowest BCUT2D eigenvalue weighted by Gasteiger charge is -2.11. The molecule has 0 radical (unpaired) electrons. The maximum Gasteiger partial charge on any atom is 0.167 e. The van der Waals surface area contributed by atoms with Gasteiger partial charge in [-0.1, -0.05) is 48.5 Å². The van der Waals surface area contributed by atoms with Gasteiger partial charge in [-0.2, -0.15) is 0 Å². The van der Waals surface area contributed by atoms with Gasteiger partial charge in [0.2, 0.25) is 0 Å². The molecule has 0 aliphatic carbocycles. The van der Waals surface area contributed by atoms with Crippen molar-refractivity contribution in [2.24, 2.45) is 0 Å². The van der Waals surface area contributed by atoms with E-state index in [2.05, 4.69) is 0 Å². The number of rotatable bonds is 6. The second-order valence-corrected chi connectivity index (χ2v) is 7.47. The van der Waals surface area contributed by atoms with Crippen molar-refractivity contribution in [3.8, 4) is 11.1 Å². The SMILES string of the molecule is CC(O)c1ccc(CCc2ccc(-c3ccc(C4CO4)c(F)c3F)cc2)c(F)c1F. The summed E-state index contributed by atoms with van der Waals surface area (Å²) in [5.74, 6) is -3.79. The molecule has 2 unspecified atom stereocenters. The summed E-state index contributed by atoms with van der Waals surface area (Å²) in [5.41, 5.74) is 1.90. The van der Waals surface area contributed by atoms with Crippen LogP contribution in [0.15, 0.2) is 48.5 Å². The zero-order valence-electron chi connectivity index (χ0n) is 16.3. The Hall–Kier alpha value is -2.70. The van der Waals surface area contributed by atoms with Crippen LogP contribution in [0.2, 0.25) is 0 Å². The molecule has 6 heteroatoms. The van der Waals surface area contributed by atoms with Crippen LogP contribution in [0.5, 0.6) is 0 Å². The molecule has 1 N–H and O–H groups in total. The highest BCUT2D eigenvalue weighted by atomic mass is 19.2. The van der Waals surface area contributed by atoms with Gasteiger partial charge in [-0.15, -0.1) is 0 Å². The lowest BCUT2D eigenvalue weighted by atomic mass is 9.97. The van der Waals surface area contributed by atoms with E-state index < -0.39 is 29.4 Å². The molecule has 0 saturated carbocycles. The maximum absolute atomic E-state index is 14.5. The van der Waals surface area contributed by atoms with Gasteiger partial charge in [0.15, 0.2) is 23.3 Å². The average molecular weight is 416 g/mol. The van der Waals surface area contributed by atoms with Gasteiger partial charge in [-0.25, -0.2) is 17.6 Å². The molecule has 1 saturated heterocycles. The predicted octanol–water partition coefficient (Wildman–Crippen LogP) is 5.82. The fraction of sp³-hybridized carbons (Fsp3) is 0.250. The monoisotopic (exact) mass is 416 g/mol. The van der Waals surface area contributed by atoms with Gasteiger partial charge in [-0.3, -0.25) is 0 Å². The number of epoxide rings is 1. The largest absolute Gasteiger partial charge is 0.389 e. The summed E-state index contributed by atoms with van der Waals surface area (Å²) < 4.78 is 61.9. The van der Waals surface area contributed by atoms with Crippen molar-refractivity contribution in [2.75, 3.05) is 6.61 Å². The van der Waals surface area contributed by atoms with Crippen molar-refractivity contribution in [1.82, 2.24) is 0 Å². The van der Waals surface area contributed by atoms with E-state index in [4.69, 9.17) is 4.74 Å². The topological polar surface area (TPSA) is 32.8 Å². The molecule has 3 aromatic carbocycles. The van der Waals surface area contributed by atoms with E-state index in [1.807, 2.05) is 0 Å². The van der Waals surface area contributed by atoms with Crippen molar-refractivity contribution < 1.29 is 27.4 Å². The lowest BCUT2D eigenvalue weighted by molar-refractivity contribution is 0.192. The zero-order chi connectivity index (χ0) is 21.4. The van der Waals surface area contributed by atoms with Gasteiger partial charge >= 0.3 is 0 Å². The van der Waals surface area contributed by atoms with Gasteiger partial charge in [0, 0.05) is 16.7 Å². The molecule has 1 aliphatic rings. The Morgan fingerprint density at radius 2 is 1.57 bits per heavy atom. The van der Waals surface area contributed by atoms with Gasteiger partial charge in [0.25, 0.3) is 0 Å². The molecule has 0 amide bonds. The second-order valence-electron chi connectivity index (χ2n) is 7.47. The van der Waals surface area contributed by atoms with Crippen LogP contribution in [0.25, 0.3) is 11.1 Å². The van der Waals surface area contributed by atoms with Crippen LogP contribution >= 0.6 is 0 Å². The summed E-state index contributed by atoms with van der Waals surface area (Å²) in [6.45, 7) is 1.78. The lowest BCUT2D eigenvalue weighted by Crippen LogP contribution is -2.03. The van der Waals surface area contributed by atoms with E-state index in [1.54, 1.807) is 24.3 Å². The smallest absolute Gasteiger partial charge is 0.167 e. The van der Waals surface area contributed by atoms with Crippen LogP contribution < -0.4 is 0 Å². The summed E-state index contributed by atoms with van der Waals surface area (Å²) >= 11 is 0. The van der Waals surface area contributed by atoms with Gasteiger partial charge < -0.3 is 9.84 Å². The summed E-state index contributed by atoms with van der Waals surface area (Å²) in [7, 11) is 0. The number of aliphatic hydroxyl groups is 1. The van der Waals surface area contributed by atoms with E-state index >= 15 is 0 Å². The molecule has 1 heterocycles. The fourth-order valence-corrected chi connectivity index (χ4v) is 3.51. The predicted molar refractivity (Wildman–Crippen MR) is 105 cm³/mol. The minimum Gasteiger partial charge on any atom is -0.389 e. The van der Waals surface area contributed by atoms with E-state index in [9.17, 15) is 22.7 Å². The Morgan fingerprint density at radius 1 is 0.867 bits per heavy atom. The molecular formula is C24H20F4O2. The number of hydrogen-bond acceptors (Lipinski definition) is 2. The van der Waals surface area contributed by atoms with Crippen molar-refractivity contribution in [2.45, 2.75) is 32.0 Å². The number of ether oxygens (including phenoxy) is 1. The van der Waals surface area contributed by atoms with Crippen LogP contribution in [-0.4, -0.2) is 11.7 Å². The van der Waals surface area contributed by atoms with Crippen molar-refractivity contribution >= 4 is 0 Å². The molecule has 1 fully saturated rings. The molecule has 1 aliphatic heterocycles. The first kappa shape index (κ1) is 20.6. The summed E-state index contributed by atoms with van der Waals surface area (Å²) in [5, 5.41) is 9.47. The Morgan fingerprint density at radius 3 is 2.20 bits per heavy atom. The molecular weight excluding hydrogens is 396 g/mol. The molecule has 2 nitrogen and oxygen atoms in total. The quantitative estimate of drug-likeness (QED) is 0.406. The number of aliphatic hydroxyl groups excluding tert-OH is 1. The van der Waals surface area contributed by atoms with Crippen LogP contribution in [0.4, 0.5) is 17.6 Å². The van der Waals surface area contributed by atoms with Gasteiger partial charge in [0.1, 0.15) is 6.10 Å². The van der Waals surface area contributed by atoms with Gasteiger partial charge in [0.05, 0.1) is 12.7 Å². The average Bonchev–Trinajstić information content (AvgIpc) is 3.56. The molecule has 156 valence electrons. The summed E-state index contributed by atoms with van der Waals surface area (Å²) in [6, 6.07) is 12.8. The standard InChI is InChI=1S/C24H20F4O2/c1-13(29)17-9-8-16(21(25)22(17)26)7-4-14-2-5-15(6-3-14)18-10-11-19(20-12-30-20)24(28)23(18)27/h2-3,5-6,8-11,13,20,29H,4,7,12H2,1H3. The summed E-state index contributed by atoms with van der Waals surface area (Å²) in [6.07, 6.45) is -0.742. The first-order valence-electron chi connectivity index (χ1n) is 9.70. The van der Waals surface area contributed by atoms with Crippen molar-refractivity contribution in [1.29, 1.82) is 0 Å². The first-order valence-corrected chi connectivity index (χ1v) is 9.70. The number of hydrogen-bond donors (Lipinski definition) is 1. The minimum atomic E-state index is -1.09. The van der Waals surface area contributed by atoms with Crippen molar-refractivity contribution in [3.63, 3.8) is 0 Å². The highest BCUT2D eigenvalue weighted by molar-refractivity contribution is 5.65. The maximum atomic E-state index is 14.5. The molecule has 2 atom stereocenters. The van der Waals surface area contributed by atoms with Gasteiger partial charge in [-0.05, 0) is 36.5 Å². The Labute approximate surface area is 171 Å². The van der Waals surface area contributed by atoms with Crippen LogP contribution in [0.3, 0.4) is 0 Å². The zero-order valence-corrected chi connectivity index (χ0v) is 16.3. The Balaban J connectivity index is 1.49. The van der Waals surface area contributed by atoms with E-state index in [0.29, 0.717) is 18.6 Å². The first-order chi connectivity index (χ1) is 14.4. The summed E-state index contributed by atoms with van der Waals surface area (Å²) in [4.78, 5) is 0. The highest BCUT2D eigenvalue weighted by Crippen LogP contribution is 2.35. The normalized spacial score (nSPS) is 16.5. The second kappa shape index (κ2) is 8.20. The Bertz CT molecular complexity index is 1070. The molecule has 0 aromatic heterocycles. The van der Waals surface area contributed by atoms with E-state index in [-0.39, 0.29) is 34.8 Å². The molecule has 3 aromatic rings. The fourth-order valence-electron chi connectivity index (χ4n) is 3.51.